The summed E-state index contributed by atoms with van der Waals surface area (Å²) < 4.78 is 2.19. The molecular weight excluding hydrogens is 234 g/mol. The molecule has 2 rings (SSSR count). The maximum Gasteiger partial charge on any atom is 0.127 e. The minimum atomic E-state index is 0.492. The third-order valence-corrected chi connectivity index (χ3v) is 4.47. The second-order valence-electron chi connectivity index (χ2n) is 5.63. The van der Waals surface area contributed by atoms with Gasteiger partial charge < -0.3 is 10.3 Å². The molecule has 0 radical (unpaired) electrons. The SMILES string of the molecule is C=CCn1c(C2CCCC2)nc(C(CC)CC)c1N. The van der Waals surface area contributed by atoms with Gasteiger partial charge in [-0.2, -0.15) is 0 Å². The molecule has 106 valence electrons. The van der Waals surface area contributed by atoms with Gasteiger partial charge in [-0.1, -0.05) is 32.8 Å². The van der Waals surface area contributed by atoms with E-state index in [0.717, 1.165) is 30.9 Å². The van der Waals surface area contributed by atoms with Crippen molar-refractivity contribution in [1.29, 1.82) is 0 Å². The number of nitrogens with two attached hydrogens (primary N) is 1. The highest BCUT2D eigenvalue weighted by molar-refractivity contribution is 5.42. The largest absolute Gasteiger partial charge is 0.384 e. The van der Waals surface area contributed by atoms with Gasteiger partial charge in [0.2, 0.25) is 0 Å². The Morgan fingerprint density at radius 1 is 1.37 bits per heavy atom. The molecule has 3 nitrogen and oxygen atoms in total. The lowest BCUT2D eigenvalue weighted by Crippen LogP contribution is -2.09. The normalized spacial score (nSPS) is 16.4. The van der Waals surface area contributed by atoms with Crippen LogP contribution in [0.4, 0.5) is 5.82 Å². The first-order valence-electron chi connectivity index (χ1n) is 7.69. The van der Waals surface area contributed by atoms with E-state index < -0.39 is 0 Å². The Hall–Kier alpha value is -1.25. The monoisotopic (exact) mass is 261 g/mol. The van der Waals surface area contributed by atoms with E-state index >= 15 is 0 Å². The molecule has 1 aliphatic rings. The van der Waals surface area contributed by atoms with Crippen LogP contribution in [0.15, 0.2) is 12.7 Å². The van der Waals surface area contributed by atoms with Crippen LogP contribution in [0.1, 0.15) is 75.7 Å². The second kappa shape index (κ2) is 6.27. The molecule has 1 fully saturated rings. The van der Waals surface area contributed by atoms with Gasteiger partial charge in [0.1, 0.15) is 11.6 Å². The summed E-state index contributed by atoms with van der Waals surface area (Å²) in [6, 6.07) is 0. The number of nitrogen functional groups attached to an aromatic ring is 1. The van der Waals surface area contributed by atoms with E-state index in [1.807, 2.05) is 6.08 Å². The first-order valence-corrected chi connectivity index (χ1v) is 7.69. The zero-order chi connectivity index (χ0) is 13.8. The summed E-state index contributed by atoms with van der Waals surface area (Å²) in [5.74, 6) is 3.17. The molecule has 0 unspecified atom stereocenters. The maximum absolute atomic E-state index is 6.36. The fourth-order valence-corrected chi connectivity index (χ4v) is 3.30. The quantitative estimate of drug-likeness (QED) is 0.779. The van der Waals surface area contributed by atoms with Crippen LogP contribution in [0.2, 0.25) is 0 Å². The van der Waals surface area contributed by atoms with Gasteiger partial charge in [-0.15, -0.1) is 6.58 Å². The molecule has 0 bridgehead atoms. The van der Waals surface area contributed by atoms with Crippen molar-refractivity contribution in [3.05, 3.63) is 24.2 Å². The fourth-order valence-electron chi connectivity index (χ4n) is 3.30. The van der Waals surface area contributed by atoms with Crippen LogP contribution in [0.5, 0.6) is 0 Å². The van der Waals surface area contributed by atoms with Crippen LogP contribution in [0.25, 0.3) is 0 Å². The molecule has 1 aromatic rings. The van der Waals surface area contributed by atoms with Crippen LogP contribution in [-0.4, -0.2) is 9.55 Å². The lowest BCUT2D eigenvalue weighted by atomic mass is 9.99. The molecule has 3 heteroatoms. The van der Waals surface area contributed by atoms with Gasteiger partial charge in [-0.3, -0.25) is 0 Å². The molecule has 0 spiro atoms. The number of aromatic nitrogens is 2. The maximum atomic E-state index is 6.36. The first-order chi connectivity index (χ1) is 9.22. The van der Waals surface area contributed by atoms with E-state index in [1.165, 1.54) is 31.5 Å². The molecule has 0 aromatic carbocycles. The standard InChI is InChI=1S/C16H27N3/c1-4-11-19-15(17)14(12(5-2)6-3)18-16(19)13-9-7-8-10-13/h4,12-13H,1,5-11,17H2,2-3H3. The number of allylic oxidation sites excluding steroid dienone is 1. The molecule has 0 amide bonds. The number of rotatable bonds is 6. The summed E-state index contributed by atoms with van der Waals surface area (Å²) in [6.45, 7) is 9.07. The number of hydrogen-bond donors (Lipinski definition) is 1. The van der Waals surface area contributed by atoms with Crippen molar-refractivity contribution in [3.8, 4) is 0 Å². The van der Waals surface area contributed by atoms with Crippen LogP contribution in [-0.2, 0) is 6.54 Å². The highest BCUT2D eigenvalue weighted by Crippen LogP contribution is 2.37. The number of anilines is 1. The zero-order valence-corrected chi connectivity index (χ0v) is 12.4. The van der Waals surface area contributed by atoms with Crippen molar-refractivity contribution >= 4 is 5.82 Å². The summed E-state index contributed by atoms with van der Waals surface area (Å²) >= 11 is 0. The van der Waals surface area contributed by atoms with Crippen molar-refractivity contribution in [1.82, 2.24) is 9.55 Å². The van der Waals surface area contributed by atoms with Gasteiger partial charge in [-0.05, 0) is 25.7 Å². The number of imidazole rings is 1. The van der Waals surface area contributed by atoms with Crippen molar-refractivity contribution < 1.29 is 0 Å². The van der Waals surface area contributed by atoms with E-state index in [1.54, 1.807) is 0 Å². The Kier molecular flexibility index (Phi) is 4.67. The summed E-state index contributed by atoms with van der Waals surface area (Å²) in [7, 11) is 0. The highest BCUT2D eigenvalue weighted by Gasteiger charge is 2.26. The highest BCUT2D eigenvalue weighted by atomic mass is 15.1. The van der Waals surface area contributed by atoms with Gasteiger partial charge in [-0.25, -0.2) is 4.98 Å². The molecule has 0 saturated heterocycles. The number of hydrogen-bond acceptors (Lipinski definition) is 2. The Morgan fingerprint density at radius 2 is 2.00 bits per heavy atom. The van der Waals surface area contributed by atoms with Gasteiger partial charge >= 0.3 is 0 Å². The molecule has 1 heterocycles. The van der Waals surface area contributed by atoms with Crippen LogP contribution >= 0.6 is 0 Å². The van der Waals surface area contributed by atoms with Crippen LogP contribution < -0.4 is 5.73 Å². The molecule has 0 aliphatic heterocycles. The van der Waals surface area contributed by atoms with Gasteiger partial charge in [0.15, 0.2) is 0 Å². The van der Waals surface area contributed by atoms with Crippen LogP contribution in [0, 0.1) is 0 Å². The smallest absolute Gasteiger partial charge is 0.127 e. The molecule has 0 atom stereocenters. The van der Waals surface area contributed by atoms with Gasteiger partial charge in [0, 0.05) is 18.4 Å². The average molecular weight is 261 g/mol. The Morgan fingerprint density at radius 3 is 2.53 bits per heavy atom. The lowest BCUT2D eigenvalue weighted by molar-refractivity contribution is 0.606. The van der Waals surface area contributed by atoms with Gasteiger partial charge in [0.25, 0.3) is 0 Å². The summed E-state index contributed by atoms with van der Waals surface area (Å²) in [6.07, 6.45) is 9.31. The summed E-state index contributed by atoms with van der Waals surface area (Å²) in [5, 5.41) is 0. The van der Waals surface area contributed by atoms with Crippen LogP contribution in [0.3, 0.4) is 0 Å². The summed E-state index contributed by atoms with van der Waals surface area (Å²) in [5.41, 5.74) is 7.48. The average Bonchev–Trinajstić information content (AvgIpc) is 3.03. The number of nitrogens with zero attached hydrogens (tertiary/aromatic N) is 2. The Balaban J connectivity index is 2.40. The second-order valence-corrected chi connectivity index (χ2v) is 5.63. The third kappa shape index (κ3) is 2.70. The van der Waals surface area contributed by atoms with E-state index in [2.05, 4.69) is 25.0 Å². The third-order valence-electron chi connectivity index (χ3n) is 4.47. The van der Waals surface area contributed by atoms with Crippen molar-refractivity contribution in [3.63, 3.8) is 0 Å². The fraction of sp³-hybridized carbons (Fsp3) is 0.688. The minimum Gasteiger partial charge on any atom is -0.384 e. The predicted molar refractivity (Wildman–Crippen MR) is 81.4 cm³/mol. The molecule has 1 aromatic heterocycles. The molecule has 2 N–H and O–H groups in total. The van der Waals surface area contributed by atoms with Crippen molar-refractivity contribution in [2.45, 2.75) is 70.8 Å². The lowest BCUT2D eigenvalue weighted by Gasteiger charge is -2.12. The minimum absolute atomic E-state index is 0.492. The van der Waals surface area contributed by atoms with E-state index in [0.29, 0.717) is 11.8 Å². The van der Waals surface area contributed by atoms with E-state index in [4.69, 9.17) is 10.7 Å². The Bertz CT molecular complexity index is 423. The van der Waals surface area contributed by atoms with E-state index in [-0.39, 0.29) is 0 Å². The first kappa shape index (κ1) is 14.2. The zero-order valence-electron chi connectivity index (χ0n) is 12.4. The van der Waals surface area contributed by atoms with Crippen molar-refractivity contribution in [2.24, 2.45) is 0 Å². The molecule has 1 aliphatic carbocycles. The topological polar surface area (TPSA) is 43.8 Å². The molecule has 1 saturated carbocycles. The van der Waals surface area contributed by atoms with E-state index in [9.17, 15) is 0 Å². The Labute approximate surface area is 116 Å². The molecule has 19 heavy (non-hydrogen) atoms. The predicted octanol–water partition coefficient (Wildman–Crippen LogP) is 4.21. The van der Waals surface area contributed by atoms with Crippen molar-refractivity contribution in [2.75, 3.05) is 5.73 Å². The van der Waals surface area contributed by atoms with Gasteiger partial charge in [0.05, 0.1) is 5.69 Å². The summed E-state index contributed by atoms with van der Waals surface area (Å²) in [4.78, 5) is 4.94. The molecular formula is C16H27N3.